The minimum Gasteiger partial charge on any atom is -0.480 e. The van der Waals surface area contributed by atoms with Crippen molar-refractivity contribution in [3.8, 4) is 0 Å². The lowest BCUT2D eigenvalue weighted by Crippen LogP contribution is -2.50. The van der Waals surface area contributed by atoms with E-state index < -0.39 is 16.8 Å². The van der Waals surface area contributed by atoms with Gasteiger partial charge in [-0.25, -0.2) is 0 Å². The predicted octanol–water partition coefficient (Wildman–Crippen LogP) is 5.30. The lowest BCUT2D eigenvalue weighted by Gasteiger charge is -2.41. The lowest BCUT2D eigenvalue weighted by atomic mass is 9.59. The highest BCUT2D eigenvalue weighted by atomic mass is 16.4. The molecule has 0 bridgehead atoms. The maximum absolute atomic E-state index is 12.5. The van der Waals surface area contributed by atoms with Gasteiger partial charge in [0.05, 0.1) is 0 Å². The molecule has 0 aliphatic carbocycles. The largest absolute Gasteiger partial charge is 0.480 e. The predicted molar refractivity (Wildman–Crippen MR) is 106 cm³/mol. The van der Waals surface area contributed by atoms with Crippen molar-refractivity contribution in [1.29, 1.82) is 0 Å². The number of allylic oxidation sites excluding steroid dienone is 3. The highest BCUT2D eigenvalue weighted by Crippen LogP contribution is 2.47. The molecule has 0 saturated heterocycles. The second-order valence-electron chi connectivity index (χ2n) is 7.20. The average Bonchev–Trinajstić information content (AvgIpc) is 2.62. The second kappa shape index (κ2) is 7.69. The maximum atomic E-state index is 12.5. The quantitative estimate of drug-likeness (QED) is 0.399. The zero-order valence-corrected chi connectivity index (χ0v) is 15.7. The monoisotopic (exact) mass is 350 g/mol. The molecule has 0 radical (unpaired) electrons. The molecule has 2 aromatic carbocycles. The molecule has 0 saturated carbocycles. The summed E-state index contributed by atoms with van der Waals surface area (Å²) in [5.74, 6) is -1.15. The molecule has 2 rings (SSSR count). The molecule has 3 heteroatoms. The molecule has 0 aliphatic heterocycles. The van der Waals surface area contributed by atoms with Gasteiger partial charge in [0.25, 0.3) is 0 Å². The number of carbonyl (C=O) groups is 2. The van der Waals surface area contributed by atoms with Crippen LogP contribution >= 0.6 is 0 Å². The average molecular weight is 350 g/mol. The summed E-state index contributed by atoms with van der Waals surface area (Å²) in [6, 6.07) is 13.0. The number of carboxylic acid groups (broad SMARTS) is 1. The van der Waals surface area contributed by atoms with Crippen LogP contribution in [0.2, 0.25) is 0 Å². The molecule has 0 heterocycles. The van der Waals surface area contributed by atoms with Crippen LogP contribution in [0.4, 0.5) is 0 Å². The Balaban J connectivity index is 2.75. The highest BCUT2D eigenvalue weighted by Gasteiger charge is 2.54. The van der Waals surface area contributed by atoms with Crippen LogP contribution in [0.15, 0.2) is 66.8 Å². The third-order valence-electron chi connectivity index (χ3n) is 5.30. The Morgan fingerprint density at radius 2 is 1.81 bits per heavy atom. The standard InChI is InChI=1S/C23H26O3/c1-5-22(4,15-9-10-17(2)3)23(16-24,21(25)26)20-14-8-12-18-11-6-7-13-19(18)20/h5-8,10-14,16H,1,9,15H2,2-4H3,(H,25,26). The first-order valence-electron chi connectivity index (χ1n) is 8.77. The SMILES string of the molecule is C=CC(C)(CCC=C(C)C)C(C=O)(C(=O)O)c1cccc2ccccc12. The molecular formula is C23H26O3. The molecule has 0 aromatic heterocycles. The molecule has 2 atom stereocenters. The summed E-state index contributed by atoms with van der Waals surface area (Å²) in [4.78, 5) is 24.9. The summed E-state index contributed by atoms with van der Waals surface area (Å²) in [5.41, 5.74) is -0.965. The molecule has 0 amide bonds. The van der Waals surface area contributed by atoms with Crippen LogP contribution < -0.4 is 0 Å². The van der Waals surface area contributed by atoms with Crippen LogP contribution in [0.1, 0.15) is 39.2 Å². The molecule has 0 aliphatic rings. The Kier molecular flexibility index (Phi) is 5.81. The van der Waals surface area contributed by atoms with Gasteiger partial charge in [0, 0.05) is 5.41 Å². The Bertz CT molecular complexity index is 855. The van der Waals surface area contributed by atoms with E-state index in [1.165, 1.54) is 0 Å². The van der Waals surface area contributed by atoms with E-state index in [9.17, 15) is 14.7 Å². The van der Waals surface area contributed by atoms with Gasteiger partial charge < -0.3 is 9.90 Å². The van der Waals surface area contributed by atoms with Crippen molar-refractivity contribution in [1.82, 2.24) is 0 Å². The van der Waals surface area contributed by atoms with Crippen LogP contribution in [0.3, 0.4) is 0 Å². The Hall–Kier alpha value is -2.68. The summed E-state index contributed by atoms with van der Waals surface area (Å²) < 4.78 is 0. The first kappa shape index (κ1) is 19.6. The third kappa shape index (κ3) is 3.22. The van der Waals surface area contributed by atoms with Gasteiger partial charge in [-0.3, -0.25) is 4.79 Å². The fourth-order valence-electron chi connectivity index (χ4n) is 3.61. The number of fused-ring (bicyclic) bond motifs is 1. The fraction of sp³-hybridized carbons (Fsp3) is 0.304. The van der Waals surface area contributed by atoms with Gasteiger partial charge in [0.1, 0.15) is 6.29 Å². The summed E-state index contributed by atoms with van der Waals surface area (Å²) in [7, 11) is 0. The summed E-state index contributed by atoms with van der Waals surface area (Å²) in [5, 5.41) is 11.9. The molecule has 2 aromatic rings. The molecule has 0 fully saturated rings. The number of carbonyl (C=O) groups excluding carboxylic acids is 1. The zero-order chi connectivity index (χ0) is 19.4. The van der Waals surface area contributed by atoms with Crippen molar-refractivity contribution in [3.63, 3.8) is 0 Å². The first-order valence-corrected chi connectivity index (χ1v) is 8.77. The van der Waals surface area contributed by atoms with E-state index >= 15 is 0 Å². The van der Waals surface area contributed by atoms with Crippen LogP contribution in [0.5, 0.6) is 0 Å². The Labute approximate surface area is 155 Å². The minimum absolute atomic E-state index is 0.510. The number of aldehydes is 1. The Morgan fingerprint density at radius 1 is 1.15 bits per heavy atom. The highest BCUT2D eigenvalue weighted by molar-refractivity contribution is 6.05. The second-order valence-corrected chi connectivity index (χ2v) is 7.20. The number of carboxylic acids is 1. The van der Waals surface area contributed by atoms with E-state index in [-0.39, 0.29) is 0 Å². The van der Waals surface area contributed by atoms with Gasteiger partial charge in [-0.15, -0.1) is 6.58 Å². The van der Waals surface area contributed by atoms with Gasteiger partial charge in [0.2, 0.25) is 0 Å². The first-order chi connectivity index (χ1) is 12.3. The van der Waals surface area contributed by atoms with E-state index in [0.29, 0.717) is 24.7 Å². The lowest BCUT2D eigenvalue weighted by molar-refractivity contribution is -0.150. The molecule has 0 spiro atoms. The van der Waals surface area contributed by atoms with Crippen LogP contribution in [-0.2, 0) is 15.0 Å². The zero-order valence-electron chi connectivity index (χ0n) is 15.7. The van der Waals surface area contributed by atoms with Crippen molar-refractivity contribution in [3.05, 3.63) is 72.3 Å². The molecule has 26 heavy (non-hydrogen) atoms. The van der Waals surface area contributed by atoms with Crippen molar-refractivity contribution in [2.75, 3.05) is 0 Å². The van der Waals surface area contributed by atoms with E-state index in [1.54, 1.807) is 18.2 Å². The van der Waals surface area contributed by atoms with E-state index in [4.69, 9.17) is 0 Å². The summed E-state index contributed by atoms with van der Waals surface area (Å²) >= 11 is 0. The number of hydrogen-bond acceptors (Lipinski definition) is 2. The van der Waals surface area contributed by atoms with Gasteiger partial charge in [-0.2, -0.15) is 0 Å². The molecule has 1 N–H and O–H groups in total. The Morgan fingerprint density at radius 3 is 2.38 bits per heavy atom. The van der Waals surface area contributed by atoms with Crippen LogP contribution in [0, 0.1) is 5.41 Å². The summed E-state index contributed by atoms with van der Waals surface area (Å²) in [6.07, 6.45) is 5.45. The topological polar surface area (TPSA) is 54.4 Å². The van der Waals surface area contributed by atoms with Gasteiger partial charge in [-0.05, 0) is 43.0 Å². The van der Waals surface area contributed by atoms with Crippen molar-refractivity contribution < 1.29 is 14.7 Å². The van der Waals surface area contributed by atoms with E-state index in [0.717, 1.165) is 16.3 Å². The van der Waals surface area contributed by atoms with Crippen LogP contribution in [0.25, 0.3) is 10.8 Å². The van der Waals surface area contributed by atoms with E-state index in [1.807, 2.05) is 51.1 Å². The fourth-order valence-corrected chi connectivity index (χ4v) is 3.61. The van der Waals surface area contributed by atoms with Crippen molar-refractivity contribution in [2.45, 2.75) is 39.0 Å². The molecule has 136 valence electrons. The van der Waals surface area contributed by atoms with Crippen molar-refractivity contribution in [2.24, 2.45) is 5.41 Å². The number of benzene rings is 2. The third-order valence-corrected chi connectivity index (χ3v) is 5.30. The molecule has 3 nitrogen and oxygen atoms in total. The van der Waals surface area contributed by atoms with E-state index in [2.05, 4.69) is 12.7 Å². The van der Waals surface area contributed by atoms with Gasteiger partial charge >= 0.3 is 5.97 Å². The number of rotatable bonds is 8. The van der Waals surface area contributed by atoms with Crippen LogP contribution in [-0.4, -0.2) is 17.4 Å². The smallest absolute Gasteiger partial charge is 0.322 e. The van der Waals surface area contributed by atoms with Gasteiger partial charge in [0.15, 0.2) is 5.41 Å². The van der Waals surface area contributed by atoms with Crippen molar-refractivity contribution >= 4 is 23.0 Å². The maximum Gasteiger partial charge on any atom is 0.322 e. The molecular weight excluding hydrogens is 324 g/mol. The summed E-state index contributed by atoms with van der Waals surface area (Å²) in [6.45, 7) is 9.70. The molecule has 2 unspecified atom stereocenters. The number of hydrogen-bond donors (Lipinski definition) is 1. The van der Waals surface area contributed by atoms with Gasteiger partial charge in [-0.1, -0.05) is 67.1 Å². The minimum atomic E-state index is -1.70. The number of aliphatic carboxylic acids is 1. The normalized spacial score (nSPS) is 15.5.